The fourth-order valence-corrected chi connectivity index (χ4v) is 2.37. The van der Waals surface area contributed by atoms with Gasteiger partial charge in [0.15, 0.2) is 0 Å². The number of nitrogens with zero attached hydrogens (tertiary/aromatic N) is 2. The van der Waals surface area contributed by atoms with Gasteiger partial charge >= 0.3 is 0 Å². The number of hydrogen-bond acceptors (Lipinski definition) is 5. The van der Waals surface area contributed by atoms with Crippen LogP contribution in [-0.2, 0) is 0 Å². The highest BCUT2D eigenvalue weighted by atomic mass is 32.1. The van der Waals surface area contributed by atoms with Crippen molar-refractivity contribution in [3.63, 3.8) is 0 Å². The summed E-state index contributed by atoms with van der Waals surface area (Å²) in [5.41, 5.74) is 0. The Morgan fingerprint density at radius 2 is 2.11 bits per heavy atom. The van der Waals surface area contributed by atoms with Crippen LogP contribution in [0.4, 0.5) is 11.8 Å². The van der Waals surface area contributed by atoms with Crippen molar-refractivity contribution in [1.82, 2.24) is 9.97 Å². The zero-order valence-electron chi connectivity index (χ0n) is 11.2. The molecule has 0 atom stereocenters. The van der Waals surface area contributed by atoms with Crippen LogP contribution in [0.2, 0.25) is 0 Å². The lowest BCUT2D eigenvalue weighted by molar-refractivity contribution is 0.687. The molecule has 2 aromatic heterocycles. The fourth-order valence-electron chi connectivity index (χ4n) is 1.61. The second kappa shape index (κ2) is 6.00. The molecule has 0 fully saturated rings. The minimum Gasteiger partial charge on any atom is -0.369 e. The molecule has 2 N–H and O–H groups in total. The zero-order chi connectivity index (χ0) is 13.0. The molecule has 2 heterocycles. The van der Waals surface area contributed by atoms with Gasteiger partial charge in [0.1, 0.15) is 10.6 Å². The molecule has 0 bridgehead atoms. The normalized spacial score (nSPS) is 11.1. The summed E-state index contributed by atoms with van der Waals surface area (Å²) >= 11 is 1.65. The Bertz CT molecular complexity index is 507. The lowest BCUT2D eigenvalue weighted by Crippen LogP contribution is -2.11. The minimum absolute atomic E-state index is 0.598. The van der Waals surface area contributed by atoms with E-state index in [-0.39, 0.29) is 0 Å². The fraction of sp³-hybridized carbons (Fsp3) is 0.538. The summed E-state index contributed by atoms with van der Waals surface area (Å²) in [5, 5.41) is 9.83. The molecule has 5 heteroatoms. The maximum Gasteiger partial charge on any atom is 0.226 e. The van der Waals surface area contributed by atoms with Crippen molar-refractivity contribution in [2.75, 3.05) is 23.7 Å². The maximum atomic E-state index is 4.56. The summed E-state index contributed by atoms with van der Waals surface area (Å²) in [6, 6.07) is 2.08. The van der Waals surface area contributed by atoms with Crippen molar-refractivity contribution in [1.29, 1.82) is 0 Å². The molecular formula is C13H20N4S. The molecule has 0 amide bonds. The van der Waals surface area contributed by atoms with E-state index in [1.54, 1.807) is 11.3 Å². The van der Waals surface area contributed by atoms with E-state index in [1.807, 2.05) is 0 Å². The van der Waals surface area contributed by atoms with Crippen LogP contribution in [0.15, 0.2) is 11.4 Å². The third-order valence-electron chi connectivity index (χ3n) is 2.54. The van der Waals surface area contributed by atoms with Crippen LogP contribution >= 0.6 is 11.3 Å². The molecule has 0 aromatic carbocycles. The van der Waals surface area contributed by atoms with E-state index in [2.05, 4.69) is 52.8 Å². The lowest BCUT2D eigenvalue weighted by atomic mass is 10.2. The van der Waals surface area contributed by atoms with Gasteiger partial charge in [0, 0.05) is 13.1 Å². The zero-order valence-corrected chi connectivity index (χ0v) is 12.0. The molecule has 0 aliphatic rings. The second-order valence-corrected chi connectivity index (χ2v) is 5.63. The summed E-state index contributed by atoms with van der Waals surface area (Å²) in [4.78, 5) is 10.1. The number of hydrogen-bond donors (Lipinski definition) is 2. The molecule has 0 aliphatic carbocycles. The van der Waals surface area contributed by atoms with Gasteiger partial charge in [-0.05, 0) is 23.8 Å². The van der Waals surface area contributed by atoms with Crippen LogP contribution in [0.3, 0.4) is 0 Å². The monoisotopic (exact) mass is 264 g/mol. The van der Waals surface area contributed by atoms with Gasteiger partial charge in [0.05, 0.1) is 5.39 Å². The Labute approximate surface area is 112 Å². The summed E-state index contributed by atoms with van der Waals surface area (Å²) in [5.74, 6) is 2.26. The number of rotatable bonds is 6. The maximum absolute atomic E-state index is 4.56. The topological polar surface area (TPSA) is 49.8 Å². The molecule has 0 spiro atoms. The first-order chi connectivity index (χ1) is 8.70. The van der Waals surface area contributed by atoms with E-state index < -0.39 is 0 Å². The average molecular weight is 264 g/mol. The molecule has 2 aromatic rings. The minimum atomic E-state index is 0.598. The third kappa shape index (κ3) is 3.10. The van der Waals surface area contributed by atoms with Crippen molar-refractivity contribution in [3.8, 4) is 0 Å². The molecular weight excluding hydrogens is 244 g/mol. The van der Waals surface area contributed by atoms with Crippen molar-refractivity contribution in [2.45, 2.75) is 27.2 Å². The summed E-state index contributed by atoms with van der Waals surface area (Å²) in [7, 11) is 0. The molecule has 0 saturated heterocycles. The van der Waals surface area contributed by atoms with E-state index in [0.29, 0.717) is 5.92 Å². The number of thiophene rings is 1. The van der Waals surface area contributed by atoms with Crippen molar-refractivity contribution < 1.29 is 0 Å². The molecule has 2 rings (SSSR count). The van der Waals surface area contributed by atoms with Crippen LogP contribution in [0.25, 0.3) is 10.2 Å². The molecule has 18 heavy (non-hydrogen) atoms. The van der Waals surface area contributed by atoms with Crippen molar-refractivity contribution in [3.05, 3.63) is 11.4 Å². The number of aromatic nitrogens is 2. The molecule has 0 unspecified atom stereocenters. The highest BCUT2D eigenvalue weighted by molar-refractivity contribution is 7.16. The molecule has 98 valence electrons. The quantitative estimate of drug-likeness (QED) is 0.837. The van der Waals surface area contributed by atoms with Crippen molar-refractivity contribution in [2.24, 2.45) is 5.92 Å². The van der Waals surface area contributed by atoms with E-state index in [0.717, 1.165) is 41.5 Å². The Morgan fingerprint density at radius 1 is 1.28 bits per heavy atom. The molecule has 4 nitrogen and oxygen atoms in total. The van der Waals surface area contributed by atoms with Crippen LogP contribution in [0.1, 0.15) is 27.2 Å². The Balaban J connectivity index is 2.26. The van der Waals surface area contributed by atoms with Crippen LogP contribution in [-0.4, -0.2) is 23.1 Å². The van der Waals surface area contributed by atoms with Gasteiger partial charge < -0.3 is 10.6 Å². The van der Waals surface area contributed by atoms with Gasteiger partial charge in [0.25, 0.3) is 0 Å². The van der Waals surface area contributed by atoms with Crippen molar-refractivity contribution >= 4 is 33.3 Å². The lowest BCUT2D eigenvalue weighted by Gasteiger charge is -2.11. The standard InChI is InChI=1S/C13H20N4S/c1-4-6-14-13-16-11(15-8-9(2)3)10-5-7-18-12(10)17-13/h5,7,9H,4,6,8H2,1-3H3,(H2,14,15,16,17). The van der Waals surface area contributed by atoms with Crippen LogP contribution < -0.4 is 10.6 Å². The third-order valence-corrected chi connectivity index (χ3v) is 3.34. The Kier molecular flexibility index (Phi) is 4.36. The van der Waals surface area contributed by atoms with Gasteiger partial charge in [-0.25, -0.2) is 4.98 Å². The van der Waals surface area contributed by atoms with Crippen LogP contribution in [0, 0.1) is 5.92 Å². The summed E-state index contributed by atoms with van der Waals surface area (Å²) < 4.78 is 0. The first-order valence-corrected chi connectivity index (χ1v) is 7.31. The number of nitrogens with one attached hydrogen (secondary N) is 2. The van der Waals surface area contributed by atoms with Gasteiger partial charge in [-0.1, -0.05) is 20.8 Å². The predicted molar refractivity (Wildman–Crippen MR) is 79.5 cm³/mol. The number of anilines is 2. The predicted octanol–water partition coefficient (Wildman–Crippen LogP) is 3.58. The highest BCUT2D eigenvalue weighted by Crippen LogP contribution is 2.26. The van der Waals surface area contributed by atoms with Gasteiger partial charge in [-0.2, -0.15) is 4.98 Å². The second-order valence-electron chi connectivity index (χ2n) is 4.74. The first kappa shape index (κ1) is 13.1. The Morgan fingerprint density at radius 3 is 2.83 bits per heavy atom. The van der Waals surface area contributed by atoms with Gasteiger partial charge in [-0.3, -0.25) is 0 Å². The van der Waals surface area contributed by atoms with Gasteiger partial charge in [0.2, 0.25) is 5.95 Å². The summed E-state index contributed by atoms with van der Waals surface area (Å²) in [6.45, 7) is 8.34. The van der Waals surface area contributed by atoms with E-state index >= 15 is 0 Å². The van der Waals surface area contributed by atoms with Gasteiger partial charge in [-0.15, -0.1) is 11.3 Å². The number of fused-ring (bicyclic) bond motifs is 1. The SMILES string of the molecule is CCCNc1nc(NCC(C)C)c2ccsc2n1. The van der Waals surface area contributed by atoms with E-state index in [4.69, 9.17) is 0 Å². The summed E-state index contributed by atoms with van der Waals surface area (Å²) in [6.07, 6.45) is 1.07. The van der Waals surface area contributed by atoms with E-state index in [9.17, 15) is 0 Å². The largest absolute Gasteiger partial charge is 0.369 e. The molecule has 0 radical (unpaired) electrons. The Hall–Kier alpha value is -1.36. The molecule has 0 saturated carbocycles. The molecule has 0 aliphatic heterocycles. The van der Waals surface area contributed by atoms with E-state index in [1.165, 1.54) is 0 Å². The average Bonchev–Trinajstić information content (AvgIpc) is 2.81. The van der Waals surface area contributed by atoms with Crippen LogP contribution in [0.5, 0.6) is 0 Å². The smallest absolute Gasteiger partial charge is 0.226 e. The first-order valence-electron chi connectivity index (χ1n) is 6.43. The highest BCUT2D eigenvalue weighted by Gasteiger charge is 2.08.